The molecule has 1 saturated carbocycles. The lowest BCUT2D eigenvalue weighted by Crippen LogP contribution is -2.26. The average molecular weight is 293 g/mol. The molecular weight excluding hydrogens is 266 g/mol. The van der Waals surface area contributed by atoms with Crippen molar-refractivity contribution in [2.45, 2.75) is 56.7 Å². The first kappa shape index (κ1) is 15.7. The topological polar surface area (TPSA) is 29.1 Å². The molecule has 2 atom stereocenters. The molecule has 0 bridgehead atoms. The zero-order valence-electron chi connectivity index (χ0n) is 12.7. The number of nitrogens with one attached hydrogen (secondary N) is 1. The highest BCUT2D eigenvalue weighted by atomic mass is 32.2. The zero-order valence-corrected chi connectivity index (χ0v) is 13.5. The third-order valence-electron chi connectivity index (χ3n) is 4.27. The fourth-order valence-electron chi connectivity index (χ4n) is 3.00. The van der Waals surface area contributed by atoms with E-state index >= 15 is 0 Å². The Morgan fingerprint density at radius 1 is 1.25 bits per heavy atom. The zero-order chi connectivity index (χ0) is 14.4. The van der Waals surface area contributed by atoms with Gasteiger partial charge in [-0.1, -0.05) is 50.5 Å². The summed E-state index contributed by atoms with van der Waals surface area (Å²) in [5.74, 6) is 0.744. The van der Waals surface area contributed by atoms with Gasteiger partial charge in [0.1, 0.15) is 0 Å². The highest BCUT2D eigenvalue weighted by molar-refractivity contribution is 7.85. The second-order valence-corrected chi connectivity index (χ2v) is 7.55. The summed E-state index contributed by atoms with van der Waals surface area (Å²) in [6, 6.07) is 9.02. The molecular formula is C17H27NOS. The molecule has 0 saturated heterocycles. The van der Waals surface area contributed by atoms with Crippen LogP contribution < -0.4 is 5.32 Å². The normalized spacial score (nSPS) is 19.1. The van der Waals surface area contributed by atoms with E-state index in [1.54, 1.807) is 0 Å². The van der Waals surface area contributed by atoms with E-state index in [2.05, 4.69) is 36.5 Å². The van der Waals surface area contributed by atoms with Gasteiger partial charge in [-0.3, -0.25) is 4.21 Å². The summed E-state index contributed by atoms with van der Waals surface area (Å²) >= 11 is 0. The van der Waals surface area contributed by atoms with Crippen molar-refractivity contribution in [2.75, 3.05) is 12.8 Å². The Morgan fingerprint density at radius 2 is 1.90 bits per heavy atom. The van der Waals surface area contributed by atoms with Crippen LogP contribution in [0.5, 0.6) is 0 Å². The van der Waals surface area contributed by atoms with Gasteiger partial charge in [0, 0.05) is 27.8 Å². The van der Waals surface area contributed by atoms with Crippen molar-refractivity contribution in [3.63, 3.8) is 0 Å². The first-order chi connectivity index (χ1) is 9.74. The molecule has 1 aliphatic rings. The molecule has 112 valence electrons. The van der Waals surface area contributed by atoms with Gasteiger partial charge in [0.25, 0.3) is 0 Å². The van der Waals surface area contributed by atoms with Crippen LogP contribution in [0.3, 0.4) is 0 Å². The van der Waals surface area contributed by atoms with Crippen LogP contribution in [0, 0.1) is 0 Å². The molecule has 2 rings (SSSR count). The second kappa shape index (κ2) is 7.94. The lowest BCUT2D eigenvalue weighted by Gasteiger charge is -2.19. The van der Waals surface area contributed by atoms with E-state index in [1.807, 2.05) is 7.05 Å². The lowest BCUT2D eigenvalue weighted by molar-refractivity contribution is 0.627. The third kappa shape index (κ3) is 4.16. The molecule has 2 nitrogen and oxygen atoms in total. The van der Waals surface area contributed by atoms with Crippen molar-refractivity contribution in [3.8, 4) is 0 Å². The van der Waals surface area contributed by atoms with Gasteiger partial charge in [0.2, 0.25) is 0 Å². The second-order valence-electron chi connectivity index (χ2n) is 5.79. The van der Waals surface area contributed by atoms with E-state index in [9.17, 15) is 4.21 Å². The van der Waals surface area contributed by atoms with Crippen LogP contribution in [-0.2, 0) is 17.2 Å². The smallest absolute Gasteiger partial charge is 0.0434 e. The minimum Gasteiger partial charge on any atom is -0.312 e. The summed E-state index contributed by atoms with van der Waals surface area (Å²) in [4.78, 5) is 0. The van der Waals surface area contributed by atoms with E-state index in [0.29, 0.717) is 5.25 Å². The summed E-state index contributed by atoms with van der Waals surface area (Å²) in [5, 5.41) is 3.77. The molecule has 0 aliphatic heterocycles. The molecule has 1 aromatic rings. The minimum absolute atomic E-state index is 0.215. The Balaban J connectivity index is 1.98. The van der Waals surface area contributed by atoms with Gasteiger partial charge in [-0.2, -0.15) is 0 Å². The van der Waals surface area contributed by atoms with Crippen molar-refractivity contribution in [3.05, 3.63) is 35.4 Å². The van der Waals surface area contributed by atoms with Crippen molar-refractivity contribution < 1.29 is 4.21 Å². The van der Waals surface area contributed by atoms with Crippen LogP contribution in [0.15, 0.2) is 24.3 Å². The van der Waals surface area contributed by atoms with Gasteiger partial charge in [-0.25, -0.2) is 0 Å². The van der Waals surface area contributed by atoms with E-state index in [4.69, 9.17) is 0 Å². The van der Waals surface area contributed by atoms with E-state index < -0.39 is 10.8 Å². The first-order valence-electron chi connectivity index (χ1n) is 7.88. The van der Waals surface area contributed by atoms with Gasteiger partial charge in [-0.05, 0) is 37.4 Å². The largest absolute Gasteiger partial charge is 0.312 e. The van der Waals surface area contributed by atoms with Gasteiger partial charge >= 0.3 is 0 Å². The van der Waals surface area contributed by atoms with Crippen molar-refractivity contribution in [1.82, 2.24) is 5.32 Å². The van der Waals surface area contributed by atoms with Gasteiger partial charge < -0.3 is 5.32 Å². The quantitative estimate of drug-likeness (QED) is 0.832. The minimum atomic E-state index is -0.697. The molecule has 1 aromatic carbocycles. The molecule has 2 unspecified atom stereocenters. The molecule has 0 amide bonds. The lowest BCUT2D eigenvalue weighted by atomic mass is 10.0. The SMILES string of the molecule is CCCc1ccc(C(CS(=O)C2CCCC2)NC)cc1. The Morgan fingerprint density at radius 3 is 2.45 bits per heavy atom. The number of hydrogen-bond donors (Lipinski definition) is 1. The summed E-state index contributed by atoms with van der Waals surface area (Å²) < 4.78 is 12.4. The predicted molar refractivity (Wildman–Crippen MR) is 87.5 cm³/mol. The predicted octanol–water partition coefficient (Wildman–Crippen LogP) is 3.59. The first-order valence-corrected chi connectivity index (χ1v) is 9.26. The molecule has 1 N–H and O–H groups in total. The maximum Gasteiger partial charge on any atom is 0.0434 e. The van der Waals surface area contributed by atoms with Crippen molar-refractivity contribution in [2.24, 2.45) is 0 Å². The summed E-state index contributed by atoms with van der Waals surface area (Å²) in [5.41, 5.74) is 2.65. The van der Waals surface area contributed by atoms with Gasteiger partial charge in [-0.15, -0.1) is 0 Å². The Hall–Kier alpha value is -0.670. The Labute approximate surface area is 125 Å². The molecule has 0 radical (unpaired) electrons. The van der Waals surface area contributed by atoms with Gasteiger partial charge in [0.15, 0.2) is 0 Å². The Kier molecular flexibility index (Phi) is 6.24. The molecule has 0 heterocycles. The van der Waals surface area contributed by atoms with E-state index in [-0.39, 0.29) is 6.04 Å². The highest BCUT2D eigenvalue weighted by Gasteiger charge is 2.24. The summed E-state index contributed by atoms with van der Waals surface area (Å²) in [7, 11) is 1.27. The Bertz CT molecular complexity index is 423. The molecule has 1 fully saturated rings. The molecule has 3 heteroatoms. The van der Waals surface area contributed by atoms with Crippen LogP contribution in [0.2, 0.25) is 0 Å². The third-order valence-corrected chi connectivity index (χ3v) is 6.15. The van der Waals surface area contributed by atoms with Crippen LogP contribution in [0.4, 0.5) is 0 Å². The van der Waals surface area contributed by atoms with Crippen LogP contribution in [0.25, 0.3) is 0 Å². The van der Waals surface area contributed by atoms with E-state index in [1.165, 1.54) is 30.4 Å². The maximum atomic E-state index is 12.4. The number of hydrogen-bond acceptors (Lipinski definition) is 2. The number of aryl methyl sites for hydroxylation is 1. The van der Waals surface area contributed by atoms with Crippen molar-refractivity contribution >= 4 is 10.8 Å². The van der Waals surface area contributed by atoms with E-state index in [0.717, 1.165) is 25.0 Å². The molecule has 1 aliphatic carbocycles. The van der Waals surface area contributed by atoms with Gasteiger partial charge in [0.05, 0.1) is 0 Å². The maximum absolute atomic E-state index is 12.4. The van der Waals surface area contributed by atoms with Crippen LogP contribution in [0.1, 0.15) is 56.2 Å². The summed E-state index contributed by atoms with van der Waals surface area (Å²) in [6.45, 7) is 2.20. The highest BCUT2D eigenvalue weighted by Crippen LogP contribution is 2.25. The molecule has 0 spiro atoms. The monoisotopic (exact) mass is 293 g/mol. The van der Waals surface area contributed by atoms with Crippen molar-refractivity contribution in [1.29, 1.82) is 0 Å². The van der Waals surface area contributed by atoms with Crippen LogP contribution >= 0.6 is 0 Å². The van der Waals surface area contributed by atoms with Crippen LogP contribution in [-0.4, -0.2) is 22.3 Å². The average Bonchev–Trinajstić information content (AvgIpc) is 3.00. The molecule has 20 heavy (non-hydrogen) atoms. The fraction of sp³-hybridized carbons (Fsp3) is 0.647. The number of benzene rings is 1. The summed E-state index contributed by atoms with van der Waals surface area (Å²) in [6.07, 6.45) is 7.13. The standard InChI is InChI=1S/C17H27NOS/c1-3-6-14-9-11-15(12-10-14)17(18-2)13-20(19)16-7-4-5-8-16/h9-12,16-18H,3-8,13H2,1-2H3. The number of rotatable bonds is 7. The molecule has 0 aromatic heterocycles. The fourth-order valence-corrected chi connectivity index (χ4v) is 4.82.